The van der Waals surface area contributed by atoms with E-state index in [0.717, 1.165) is 63.3 Å². The summed E-state index contributed by atoms with van der Waals surface area (Å²) in [6.45, 7) is 4.07. The monoisotopic (exact) mass is 349 g/mol. The first-order chi connectivity index (χ1) is 11.8. The van der Waals surface area contributed by atoms with Gasteiger partial charge in [0.15, 0.2) is 0 Å². The van der Waals surface area contributed by atoms with Crippen LogP contribution >= 0.6 is 11.3 Å². The second kappa shape index (κ2) is 7.31. The number of H-pyrrole nitrogens is 1. The van der Waals surface area contributed by atoms with Crippen molar-refractivity contribution in [2.45, 2.75) is 44.4 Å². The fourth-order valence-corrected chi connectivity index (χ4v) is 4.29. The van der Waals surface area contributed by atoms with Crippen molar-refractivity contribution in [3.05, 3.63) is 27.6 Å². The number of fused-ring (bicyclic) bond motifs is 1. The quantitative estimate of drug-likeness (QED) is 0.865. The molecule has 0 aromatic carbocycles. The van der Waals surface area contributed by atoms with Crippen molar-refractivity contribution in [1.29, 1.82) is 0 Å². The zero-order chi connectivity index (χ0) is 16.4. The molecule has 2 unspecified atom stereocenters. The van der Waals surface area contributed by atoms with Gasteiger partial charge < -0.3 is 14.5 Å². The van der Waals surface area contributed by atoms with Gasteiger partial charge >= 0.3 is 0 Å². The van der Waals surface area contributed by atoms with Gasteiger partial charge in [-0.3, -0.25) is 9.69 Å². The summed E-state index contributed by atoms with van der Waals surface area (Å²) in [5.41, 5.74) is 0.743. The van der Waals surface area contributed by atoms with Crippen molar-refractivity contribution in [2.24, 2.45) is 0 Å². The Balaban J connectivity index is 1.50. The summed E-state index contributed by atoms with van der Waals surface area (Å²) in [5, 5.41) is 1.91. The number of ether oxygens (including phenoxy) is 2. The van der Waals surface area contributed by atoms with Gasteiger partial charge in [0, 0.05) is 26.3 Å². The molecule has 0 amide bonds. The van der Waals surface area contributed by atoms with Gasteiger partial charge in [-0.05, 0) is 37.1 Å². The third kappa shape index (κ3) is 3.69. The average Bonchev–Trinajstić information content (AvgIpc) is 3.28. The fourth-order valence-electron chi connectivity index (χ4n) is 3.56. The summed E-state index contributed by atoms with van der Waals surface area (Å²) in [6.07, 6.45) is 5.04. The van der Waals surface area contributed by atoms with Crippen molar-refractivity contribution in [3.63, 3.8) is 0 Å². The minimum atomic E-state index is -0.0424. The van der Waals surface area contributed by atoms with Crippen molar-refractivity contribution in [1.82, 2.24) is 14.9 Å². The van der Waals surface area contributed by atoms with Gasteiger partial charge in [-0.25, -0.2) is 4.98 Å². The van der Waals surface area contributed by atoms with E-state index in [9.17, 15) is 4.79 Å². The molecule has 6 nitrogen and oxygen atoms in total. The van der Waals surface area contributed by atoms with Crippen molar-refractivity contribution >= 4 is 21.6 Å². The highest BCUT2D eigenvalue weighted by atomic mass is 32.1. The Morgan fingerprint density at radius 2 is 1.92 bits per heavy atom. The topological polar surface area (TPSA) is 67.5 Å². The Hall–Kier alpha value is -1.28. The van der Waals surface area contributed by atoms with Gasteiger partial charge in [0.25, 0.3) is 5.56 Å². The van der Waals surface area contributed by atoms with E-state index in [1.54, 1.807) is 0 Å². The van der Waals surface area contributed by atoms with E-state index < -0.39 is 0 Å². The molecule has 0 aliphatic carbocycles. The zero-order valence-corrected chi connectivity index (χ0v) is 14.5. The van der Waals surface area contributed by atoms with Crippen LogP contribution in [0.3, 0.4) is 0 Å². The lowest BCUT2D eigenvalue weighted by molar-refractivity contribution is 0.0336. The molecule has 7 heteroatoms. The van der Waals surface area contributed by atoms with E-state index in [1.807, 2.05) is 11.4 Å². The lowest BCUT2D eigenvalue weighted by Gasteiger charge is -2.27. The van der Waals surface area contributed by atoms with Gasteiger partial charge in [0.05, 0.1) is 24.3 Å². The molecule has 0 radical (unpaired) electrons. The Labute approximate surface area is 144 Å². The van der Waals surface area contributed by atoms with Gasteiger partial charge in [0.1, 0.15) is 10.5 Å². The van der Waals surface area contributed by atoms with E-state index in [2.05, 4.69) is 14.9 Å². The normalized spacial score (nSPS) is 24.4. The van der Waals surface area contributed by atoms with Crippen LogP contribution in [0.4, 0.5) is 0 Å². The second-order valence-electron chi connectivity index (χ2n) is 6.61. The summed E-state index contributed by atoms with van der Waals surface area (Å²) in [5.74, 6) is 0.724. The van der Waals surface area contributed by atoms with E-state index in [1.165, 1.54) is 11.3 Å². The standard InChI is InChI=1S/C17H23N3O3S/c21-17-16-14(5-8-24-16)18-15(19-17)11-20(9-12-3-1-6-22-12)10-13-4-2-7-23-13/h5,8,12-13H,1-4,6-7,9-11H2,(H,18,19,21). The van der Waals surface area contributed by atoms with Crippen LogP contribution < -0.4 is 5.56 Å². The molecule has 4 heterocycles. The molecule has 2 aliphatic heterocycles. The molecule has 2 saturated heterocycles. The van der Waals surface area contributed by atoms with Crippen LogP contribution in [-0.2, 0) is 16.0 Å². The summed E-state index contributed by atoms with van der Waals surface area (Å²) in [6, 6.07) is 1.91. The predicted octanol–water partition coefficient (Wildman–Crippen LogP) is 2.14. The van der Waals surface area contributed by atoms with E-state index in [4.69, 9.17) is 9.47 Å². The maximum atomic E-state index is 12.2. The first-order valence-corrected chi connectivity index (χ1v) is 9.58. The van der Waals surface area contributed by atoms with Gasteiger partial charge in [-0.1, -0.05) is 0 Å². The molecule has 2 aromatic rings. The maximum absolute atomic E-state index is 12.2. The SMILES string of the molecule is O=c1[nH]c(CN(CC2CCCO2)CC2CCCO2)nc2ccsc12. The first-order valence-electron chi connectivity index (χ1n) is 8.70. The summed E-state index contributed by atoms with van der Waals surface area (Å²) in [4.78, 5) is 22.1. The van der Waals surface area contributed by atoms with Gasteiger partial charge in [0.2, 0.25) is 0 Å². The molecule has 130 valence electrons. The van der Waals surface area contributed by atoms with Gasteiger partial charge in [-0.15, -0.1) is 11.3 Å². The fraction of sp³-hybridized carbons (Fsp3) is 0.647. The highest BCUT2D eigenvalue weighted by Crippen LogP contribution is 2.19. The van der Waals surface area contributed by atoms with Crippen molar-refractivity contribution < 1.29 is 9.47 Å². The number of nitrogens with zero attached hydrogens (tertiary/aromatic N) is 2. The van der Waals surface area contributed by atoms with E-state index in [-0.39, 0.29) is 17.8 Å². The average molecular weight is 349 g/mol. The largest absolute Gasteiger partial charge is 0.377 e. The molecule has 0 bridgehead atoms. The predicted molar refractivity (Wildman–Crippen MR) is 93.5 cm³/mol. The molecule has 0 spiro atoms. The number of hydrogen-bond acceptors (Lipinski definition) is 6. The van der Waals surface area contributed by atoms with Crippen LogP contribution in [0.25, 0.3) is 10.2 Å². The number of aromatic nitrogens is 2. The molecular weight excluding hydrogens is 326 g/mol. The third-order valence-electron chi connectivity index (χ3n) is 4.71. The lowest BCUT2D eigenvalue weighted by atomic mass is 10.2. The molecule has 4 rings (SSSR count). The summed E-state index contributed by atoms with van der Waals surface area (Å²) < 4.78 is 12.3. The van der Waals surface area contributed by atoms with Crippen LogP contribution in [0.1, 0.15) is 31.5 Å². The smallest absolute Gasteiger partial charge is 0.268 e. The zero-order valence-electron chi connectivity index (χ0n) is 13.7. The molecule has 24 heavy (non-hydrogen) atoms. The number of aromatic amines is 1. The Morgan fingerprint density at radius 1 is 1.21 bits per heavy atom. The van der Waals surface area contributed by atoms with Crippen LogP contribution in [0.2, 0.25) is 0 Å². The van der Waals surface area contributed by atoms with Crippen LogP contribution in [0.15, 0.2) is 16.2 Å². The summed E-state index contributed by atoms with van der Waals surface area (Å²) in [7, 11) is 0. The number of thiophene rings is 1. The molecule has 2 aliphatic rings. The van der Waals surface area contributed by atoms with Crippen molar-refractivity contribution in [2.75, 3.05) is 26.3 Å². The van der Waals surface area contributed by atoms with Gasteiger partial charge in [-0.2, -0.15) is 0 Å². The van der Waals surface area contributed by atoms with Crippen LogP contribution in [0, 0.1) is 0 Å². The molecule has 2 atom stereocenters. The summed E-state index contributed by atoms with van der Waals surface area (Å²) >= 11 is 1.43. The first kappa shape index (κ1) is 16.2. The highest BCUT2D eigenvalue weighted by Gasteiger charge is 2.24. The minimum Gasteiger partial charge on any atom is -0.377 e. The molecule has 1 N–H and O–H groups in total. The van der Waals surface area contributed by atoms with E-state index >= 15 is 0 Å². The van der Waals surface area contributed by atoms with Crippen LogP contribution in [0.5, 0.6) is 0 Å². The second-order valence-corrected chi connectivity index (χ2v) is 7.53. The number of rotatable bonds is 6. The Morgan fingerprint density at radius 3 is 2.54 bits per heavy atom. The van der Waals surface area contributed by atoms with Crippen molar-refractivity contribution in [3.8, 4) is 0 Å². The molecular formula is C17H23N3O3S. The Kier molecular flexibility index (Phi) is 4.93. The lowest BCUT2D eigenvalue weighted by Crippen LogP contribution is -2.38. The molecule has 2 fully saturated rings. The van der Waals surface area contributed by atoms with E-state index in [0.29, 0.717) is 11.2 Å². The third-order valence-corrected chi connectivity index (χ3v) is 5.61. The minimum absolute atomic E-state index is 0.0424. The van der Waals surface area contributed by atoms with Crippen LogP contribution in [-0.4, -0.2) is 53.4 Å². The molecule has 0 saturated carbocycles. The maximum Gasteiger partial charge on any atom is 0.268 e. The highest BCUT2D eigenvalue weighted by molar-refractivity contribution is 7.17. The number of hydrogen-bond donors (Lipinski definition) is 1. The number of nitrogens with one attached hydrogen (secondary N) is 1. The Bertz CT molecular complexity index is 714. The molecule has 2 aromatic heterocycles.